The van der Waals surface area contributed by atoms with E-state index >= 15 is 0 Å². The fourth-order valence-corrected chi connectivity index (χ4v) is 6.34. The molecule has 3 rings (SSSR count). The van der Waals surface area contributed by atoms with Crippen LogP contribution in [0.25, 0.3) is 5.57 Å². The van der Waals surface area contributed by atoms with Gasteiger partial charge in [-0.25, -0.2) is 8.88 Å². The number of aliphatic hydroxyl groups excluding tert-OH is 2. The molecular weight excluding hydrogens is 460 g/mol. The van der Waals surface area contributed by atoms with Gasteiger partial charge in [0, 0.05) is 12.6 Å². The molecule has 0 radical (unpaired) electrons. The number of fused-ring (bicyclic) bond motifs is 1. The van der Waals surface area contributed by atoms with Crippen LogP contribution in [0.2, 0.25) is 0 Å². The summed E-state index contributed by atoms with van der Waals surface area (Å²) in [6.45, 7) is -1.75. The van der Waals surface area contributed by atoms with Crippen LogP contribution in [-0.4, -0.2) is 68.2 Å². The van der Waals surface area contributed by atoms with Crippen molar-refractivity contribution in [2.75, 3.05) is 25.6 Å². The Morgan fingerprint density at radius 2 is 2.10 bits per heavy atom. The predicted octanol–water partition coefficient (Wildman–Crippen LogP) is -0.542. The van der Waals surface area contributed by atoms with Crippen molar-refractivity contribution in [3.63, 3.8) is 0 Å². The predicted molar refractivity (Wildman–Crippen MR) is 109 cm³/mol. The number of nitrogen functional groups attached to an aromatic ring is 1. The normalized spacial score (nSPS) is 32.1. The topological polar surface area (TPSA) is 197 Å². The van der Waals surface area contributed by atoms with Crippen LogP contribution in [0.5, 0.6) is 0 Å². The van der Waals surface area contributed by atoms with Crippen molar-refractivity contribution < 1.29 is 38.1 Å². The molecule has 1 saturated heterocycles. The van der Waals surface area contributed by atoms with Gasteiger partial charge in [0.1, 0.15) is 18.1 Å². The molecule has 2 heterocycles. The lowest BCUT2D eigenvalue weighted by Gasteiger charge is -2.19. The van der Waals surface area contributed by atoms with E-state index in [9.17, 15) is 29.4 Å². The van der Waals surface area contributed by atoms with Gasteiger partial charge in [0.05, 0.1) is 25.4 Å². The minimum absolute atomic E-state index is 0.108. The van der Waals surface area contributed by atoms with Crippen LogP contribution in [-0.2, 0) is 29.9 Å². The van der Waals surface area contributed by atoms with Crippen LogP contribution in [0.1, 0.15) is 24.1 Å². The molecule has 0 spiro atoms. The number of aliphatic hydroxyl groups is 2. The summed E-state index contributed by atoms with van der Waals surface area (Å²) in [5.41, 5.74) is 6.14. The Morgan fingerprint density at radius 3 is 2.70 bits per heavy atom. The summed E-state index contributed by atoms with van der Waals surface area (Å²) in [5.74, 6) is -1.38. The highest BCUT2D eigenvalue weighted by molar-refractivity contribution is 8.10. The van der Waals surface area contributed by atoms with Gasteiger partial charge in [0.2, 0.25) is 17.2 Å². The molecule has 166 valence electrons. The second kappa shape index (κ2) is 8.46. The van der Waals surface area contributed by atoms with Crippen LogP contribution in [0, 0.1) is 12.0 Å². The summed E-state index contributed by atoms with van der Waals surface area (Å²) in [6, 6.07) is 0. The zero-order chi connectivity index (χ0) is 22.4. The monoisotopic (exact) mass is 482 g/mol. The SMILES string of the molecule is CC1[C+]=C([C@@H]2O[C@H](COP(=O)(O)OP(C)(O)=S)C(O)C2CO)c2nc(N)[nH]c(=O)c21. The van der Waals surface area contributed by atoms with E-state index < -0.39 is 63.2 Å². The number of hydrogen-bond acceptors (Lipinski definition) is 10. The molecular formula is C15H22N3O9P2S+. The molecule has 1 aromatic rings. The van der Waals surface area contributed by atoms with E-state index in [0.717, 1.165) is 6.66 Å². The van der Waals surface area contributed by atoms with E-state index in [0.29, 0.717) is 11.1 Å². The van der Waals surface area contributed by atoms with Gasteiger partial charge >= 0.3 is 7.82 Å². The van der Waals surface area contributed by atoms with Crippen LogP contribution < -0.4 is 11.3 Å². The van der Waals surface area contributed by atoms with Gasteiger partial charge in [-0.3, -0.25) is 14.3 Å². The zero-order valence-corrected chi connectivity index (χ0v) is 18.6. The van der Waals surface area contributed by atoms with Gasteiger partial charge in [-0.1, -0.05) is 0 Å². The summed E-state index contributed by atoms with van der Waals surface area (Å²) < 4.78 is 27.0. The number of aromatic amines is 1. The Morgan fingerprint density at radius 1 is 1.43 bits per heavy atom. The van der Waals surface area contributed by atoms with E-state index in [4.69, 9.17) is 15.0 Å². The third-order valence-electron chi connectivity index (χ3n) is 4.72. The van der Waals surface area contributed by atoms with E-state index in [1.165, 1.54) is 0 Å². The number of phosphoric acid groups is 1. The standard InChI is InChI=1S/C15H21N3O9P2S/c1-6-3-7(11-10(6)14(21)18-15(16)17-11)13-8(4-19)12(20)9(26-13)5-25-29(23,24)27-28(2,22)30/h6,8-9,12-13,19-20H,4-5H2,1-2H3,(H4-,16,17,18,21,22,23,24,30)/p+1/t6?,8?,9-,12?,13+,28?/m1/s1. The molecule has 0 bridgehead atoms. The second-order valence-corrected chi connectivity index (χ2v) is 12.6. The summed E-state index contributed by atoms with van der Waals surface area (Å²) in [4.78, 5) is 37.9. The van der Waals surface area contributed by atoms with Gasteiger partial charge in [0.25, 0.3) is 5.56 Å². The Labute approximate surface area is 176 Å². The molecule has 2 aliphatic rings. The van der Waals surface area contributed by atoms with Crippen molar-refractivity contribution in [2.24, 2.45) is 5.92 Å². The van der Waals surface area contributed by atoms with Crippen molar-refractivity contribution in [3.8, 4) is 0 Å². The van der Waals surface area contributed by atoms with Crippen LogP contribution >= 0.6 is 14.3 Å². The molecule has 1 fully saturated rings. The second-order valence-electron chi connectivity index (χ2n) is 7.07. The highest BCUT2D eigenvalue weighted by Crippen LogP contribution is 2.58. The van der Waals surface area contributed by atoms with Crippen molar-refractivity contribution in [2.45, 2.75) is 31.2 Å². The van der Waals surface area contributed by atoms with Crippen LogP contribution in [0.4, 0.5) is 5.95 Å². The highest BCUT2D eigenvalue weighted by atomic mass is 32.5. The number of nitrogens with one attached hydrogen (secondary N) is 1. The third kappa shape index (κ3) is 4.88. The fourth-order valence-electron chi connectivity index (χ4n) is 3.53. The van der Waals surface area contributed by atoms with Crippen LogP contribution in [0.3, 0.4) is 0 Å². The first-order chi connectivity index (χ1) is 13.8. The Bertz CT molecular complexity index is 1010. The molecule has 7 N–H and O–H groups in total. The van der Waals surface area contributed by atoms with Gasteiger partial charge in [-0.05, 0) is 18.7 Å². The quantitative estimate of drug-likeness (QED) is 0.215. The van der Waals surface area contributed by atoms with Crippen molar-refractivity contribution in [1.82, 2.24) is 9.97 Å². The number of ether oxygens (including phenoxy) is 1. The Kier molecular flexibility index (Phi) is 6.65. The van der Waals surface area contributed by atoms with E-state index in [1.807, 2.05) is 0 Å². The molecule has 7 atom stereocenters. The average molecular weight is 482 g/mol. The molecule has 12 nitrogen and oxygen atoms in total. The number of H-pyrrole nitrogens is 1. The van der Waals surface area contributed by atoms with E-state index in [2.05, 4.69) is 32.2 Å². The zero-order valence-electron chi connectivity index (χ0n) is 16.0. The number of allylic oxidation sites excluding steroid dienone is 1. The molecule has 1 aromatic heterocycles. The molecule has 30 heavy (non-hydrogen) atoms. The number of anilines is 1. The summed E-state index contributed by atoms with van der Waals surface area (Å²) in [6.07, 6.45) is -0.281. The van der Waals surface area contributed by atoms with Crippen molar-refractivity contribution >= 4 is 37.6 Å². The summed E-state index contributed by atoms with van der Waals surface area (Å²) >= 11 is 4.56. The summed E-state index contributed by atoms with van der Waals surface area (Å²) in [5, 5.41) is 20.3. The van der Waals surface area contributed by atoms with Gasteiger partial charge < -0.3 is 30.5 Å². The number of nitrogens with zero attached hydrogens (tertiary/aromatic N) is 1. The molecule has 0 saturated carbocycles. The maximum absolute atomic E-state index is 12.2. The number of rotatable bonds is 7. The maximum atomic E-state index is 12.2. The first-order valence-corrected chi connectivity index (χ1v) is 13.4. The van der Waals surface area contributed by atoms with Gasteiger partial charge in [0.15, 0.2) is 12.1 Å². The smallest absolute Gasteiger partial charge is 0.396 e. The summed E-state index contributed by atoms with van der Waals surface area (Å²) in [7, 11) is -4.70. The van der Waals surface area contributed by atoms with Gasteiger partial charge in [-0.2, -0.15) is 0 Å². The van der Waals surface area contributed by atoms with Crippen LogP contribution in [0.15, 0.2) is 4.79 Å². The lowest BCUT2D eigenvalue weighted by atomic mass is 9.91. The minimum atomic E-state index is -4.70. The van der Waals surface area contributed by atoms with E-state index in [-0.39, 0.29) is 11.6 Å². The van der Waals surface area contributed by atoms with E-state index in [1.54, 1.807) is 6.92 Å². The Hall–Kier alpha value is -1.07. The highest BCUT2D eigenvalue weighted by Gasteiger charge is 2.53. The average Bonchev–Trinajstić information content (AvgIpc) is 3.07. The molecule has 5 unspecified atom stereocenters. The van der Waals surface area contributed by atoms with Gasteiger partial charge in [-0.15, -0.1) is 4.98 Å². The molecule has 1 aliphatic carbocycles. The first-order valence-electron chi connectivity index (χ1n) is 8.79. The lowest BCUT2D eigenvalue weighted by molar-refractivity contribution is -0.00878. The fraction of sp³-hybridized carbons (Fsp3) is 0.600. The molecule has 15 heteroatoms. The third-order valence-corrected chi connectivity index (χ3v) is 7.83. The molecule has 1 aliphatic heterocycles. The number of hydrogen-bond donors (Lipinski definition) is 6. The lowest BCUT2D eigenvalue weighted by Crippen LogP contribution is -2.32. The maximum Gasteiger partial charge on any atom is 0.477 e. The van der Waals surface area contributed by atoms with Crippen molar-refractivity contribution in [3.05, 3.63) is 27.7 Å². The number of nitrogens with two attached hydrogens (primary N) is 1. The number of phosphoric ester groups is 1. The number of aromatic nitrogens is 2. The largest absolute Gasteiger partial charge is 0.477 e. The Balaban J connectivity index is 1.82. The minimum Gasteiger partial charge on any atom is -0.396 e. The van der Waals surface area contributed by atoms with Crippen molar-refractivity contribution in [1.29, 1.82) is 0 Å². The first kappa shape index (κ1) is 23.6. The molecule has 0 amide bonds. The molecule has 0 aromatic carbocycles.